The Kier molecular flexibility index (Phi) is 4.03. The number of nitrogens with zero attached hydrogens (tertiary/aromatic N) is 1. The van der Waals surface area contributed by atoms with E-state index in [4.69, 9.17) is 17.3 Å². The van der Waals surface area contributed by atoms with Crippen molar-refractivity contribution in [1.82, 2.24) is 4.31 Å². The fourth-order valence-electron chi connectivity index (χ4n) is 2.06. The van der Waals surface area contributed by atoms with Crippen LogP contribution in [-0.4, -0.2) is 31.9 Å². The summed E-state index contributed by atoms with van der Waals surface area (Å²) >= 11 is 5.53. The second-order valence-electron chi connectivity index (χ2n) is 4.55. The van der Waals surface area contributed by atoms with Gasteiger partial charge in [-0.05, 0) is 24.6 Å². The first-order valence-corrected chi connectivity index (χ1v) is 7.56. The number of hydrogen-bond acceptors (Lipinski definition) is 3. The summed E-state index contributed by atoms with van der Waals surface area (Å²) in [4.78, 5) is -0.788. The molecule has 0 bridgehead atoms. The Morgan fingerprint density at radius 2 is 2.00 bits per heavy atom. The number of benzene rings is 1. The molecule has 1 atom stereocenters. The van der Waals surface area contributed by atoms with Crippen molar-refractivity contribution in [2.75, 3.05) is 13.1 Å². The van der Waals surface area contributed by atoms with Crippen LogP contribution in [0.2, 0.25) is 5.02 Å². The predicted molar refractivity (Wildman–Crippen MR) is 67.8 cm³/mol. The van der Waals surface area contributed by atoms with Crippen LogP contribution in [0.5, 0.6) is 0 Å². The van der Waals surface area contributed by atoms with Crippen molar-refractivity contribution in [2.45, 2.75) is 23.5 Å². The standard InChI is InChI=1S/C11H12ClF3N2O2S/c12-7-1-2-10(9(5-7)11(13,14)15)20(18,19)17-4-3-8(16)6-17/h1-2,5,8H,3-4,6,16H2/t8-/m1/s1. The van der Waals surface area contributed by atoms with Gasteiger partial charge in [-0.2, -0.15) is 17.5 Å². The van der Waals surface area contributed by atoms with Gasteiger partial charge in [0.25, 0.3) is 0 Å². The zero-order chi connectivity index (χ0) is 15.1. The molecule has 0 aromatic heterocycles. The lowest BCUT2D eigenvalue weighted by Crippen LogP contribution is -2.33. The van der Waals surface area contributed by atoms with Crippen molar-refractivity contribution in [3.8, 4) is 0 Å². The fraction of sp³-hybridized carbons (Fsp3) is 0.455. The van der Waals surface area contributed by atoms with Gasteiger partial charge in [-0.15, -0.1) is 0 Å². The quantitative estimate of drug-likeness (QED) is 0.904. The SMILES string of the molecule is N[C@@H]1CCN(S(=O)(=O)c2ccc(Cl)cc2C(F)(F)F)C1. The number of halogens is 4. The van der Waals surface area contributed by atoms with Crippen molar-refractivity contribution >= 4 is 21.6 Å². The maximum absolute atomic E-state index is 13.0. The molecule has 0 radical (unpaired) electrons. The predicted octanol–water partition coefficient (Wildman–Crippen LogP) is 2.08. The minimum atomic E-state index is -4.80. The molecule has 1 saturated heterocycles. The summed E-state index contributed by atoms with van der Waals surface area (Å²) in [6.45, 7) is 0.131. The lowest BCUT2D eigenvalue weighted by molar-refractivity contribution is -0.139. The Balaban J connectivity index is 2.52. The van der Waals surface area contributed by atoms with E-state index in [1.807, 2.05) is 0 Å². The zero-order valence-corrected chi connectivity index (χ0v) is 11.8. The summed E-state index contributed by atoms with van der Waals surface area (Å²) in [5, 5.41) is -0.172. The Bertz CT molecular complexity index is 619. The Morgan fingerprint density at radius 3 is 2.50 bits per heavy atom. The molecule has 0 aliphatic carbocycles. The molecule has 9 heteroatoms. The number of hydrogen-bond donors (Lipinski definition) is 1. The van der Waals surface area contributed by atoms with E-state index in [9.17, 15) is 21.6 Å². The van der Waals surface area contributed by atoms with Crippen LogP contribution in [0.25, 0.3) is 0 Å². The normalized spacial score (nSPS) is 21.4. The summed E-state index contributed by atoms with van der Waals surface area (Å²) in [5.41, 5.74) is 4.34. The van der Waals surface area contributed by atoms with Crippen molar-refractivity contribution in [1.29, 1.82) is 0 Å². The molecular weight excluding hydrogens is 317 g/mol. The van der Waals surface area contributed by atoms with Gasteiger partial charge < -0.3 is 5.73 Å². The van der Waals surface area contributed by atoms with Crippen LogP contribution in [0, 0.1) is 0 Å². The van der Waals surface area contributed by atoms with Crippen LogP contribution in [0.1, 0.15) is 12.0 Å². The first-order valence-electron chi connectivity index (χ1n) is 5.75. The van der Waals surface area contributed by atoms with Gasteiger partial charge in [0, 0.05) is 24.2 Å². The third-order valence-corrected chi connectivity index (χ3v) is 5.21. The maximum Gasteiger partial charge on any atom is 0.417 e. The molecule has 0 saturated carbocycles. The molecule has 1 aromatic carbocycles. The number of alkyl halides is 3. The summed E-state index contributed by atoms with van der Waals surface area (Å²) in [6, 6.07) is 2.26. The third kappa shape index (κ3) is 2.93. The van der Waals surface area contributed by atoms with E-state index in [0.717, 1.165) is 16.4 Å². The van der Waals surface area contributed by atoms with E-state index in [2.05, 4.69) is 0 Å². The van der Waals surface area contributed by atoms with Gasteiger partial charge in [-0.1, -0.05) is 11.6 Å². The first-order chi connectivity index (χ1) is 9.12. The second kappa shape index (κ2) is 5.18. The van der Waals surface area contributed by atoms with Crippen LogP contribution in [0.3, 0.4) is 0 Å². The molecule has 1 aliphatic rings. The molecule has 4 nitrogen and oxygen atoms in total. The summed E-state index contributed by atoms with van der Waals surface area (Å²) in [6.07, 6.45) is -4.37. The van der Waals surface area contributed by atoms with Crippen molar-refractivity contribution in [3.05, 3.63) is 28.8 Å². The molecule has 1 aliphatic heterocycles. The van der Waals surface area contributed by atoms with Gasteiger partial charge in [-0.25, -0.2) is 8.42 Å². The molecule has 1 aromatic rings. The maximum atomic E-state index is 13.0. The number of sulfonamides is 1. The fourth-order valence-corrected chi connectivity index (χ4v) is 3.94. The lowest BCUT2D eigenvalue weighted by Gasteiger charge is -2.19. The van der Waals surface area contributed by atoms with Crippen LogP contribution in [0.15, 0.2) is 23.1 Å². The van der Waals surface area contributed by atoms with Gasteiger partial charge in [0.1, 0.15) is 0 Å². The Labute approximate surface area is 119 Å². The highest BCUT2D eigenvalue weighted by atomic mass is 35.5. The molecule has 0 amide bonds. The average molecular weight is 329 g/mol. The number of nitrogens with two attached hydrogens (primary N) is 1. The van der Waals surface area contributed by atoms with Gasteiger partial charge in [0.2, 0.25) is 10.0 Å². The van der Waals surface area contributed by atoms with Crippen molar-refractivity contribution in [2.24, 2.45) is 5.73 Å². The van der Waals surface area contributed by atoms with Gasteiger partial charge >= 0.3 is 6.18 Å². The van der Waals surface area contributed by atoms with E-state index in [1.54, 1.807) is 0 Å². The second-order valence-corrected chi connectivity index (χ2v) is 6.89. The molecule has 112 valence electrons. The Morgan fingerprint density at radius 1 is 1.35 bits per heavy atom. The molecule has 1 heterocycles. The molecule has 1 fully saturated rings. The van der Waals surface area contributed by atoms with E-state index >= 15 is 0 Å². The highest BCUT2D eigenvalue weighted by Gasteiger charge is 2.40. The topological polar surface area (TPSA) is 63.4 Å². The summed E-state index contributed by atoms with van der Waals surface area (Å²) < 4.78 is 64.4. The molecule has 2 N–H and O–H groups in total. The average Bonchev–Trinajstić information content (AvgIpc) is 2.75. The molecule has 0 spiro atoms. The van der Waals surface area contributed by atoms with Gasteiger partial charge in [0.15, 0.2) is 0 Å². The smallest absolute Gasteiger partial charge is 0.326 e. The molecule has 2 rings (SSSR count). The van der Waals surface area contributed by atoms with Crippen LogP contribution < -0.4 is 5.73 Å². The van der Waals surface area contributed by atoms with E-state index in [-0.39, 0.29) is 24.2 Å². The highest BCUT2D eigenvalue weighted by Crippen LogP contribution is 2.37. The largest absolute Gasteiger partial charge is 0.417 e. The monoisotopic (exact) mass is 328 g/mol. The van der Waals surface area contributed by atoms with Crippen molar-refractivity contribution in [3.63, 3.8) is 0 Å². The Hall–Kier alpha value is -0.830. The molecular formula is C11H12ClF3N2O2S. The lowest BCUT2D eigenvalue weighted by atomic mass is 10.2. The minimum absolute atomic E-state index is 0.0161. The van der Waals surface area contributed by atoms with Crippen LogP contribution >= 0.6 is 11.6 Å². The van der Waals surface area contributed by atoms with E-state index < -0.39 is 26.7 Å². The molecule has 0 unspecified atom stereocenters. The first kappa shape index (κ1) is 15.6. The number of rotatable bonds is 2. The van der Waals surface area contributed by atoms with Crippen molar-refractivity contribution < 1.29 is 21.6 Å². The molecule has 20 heavy (non-hydrogen) atoms. The minimum Gasteiger partial charge on any atom is -0.326 e. The zero-order valence-electron chi connectivity index (χ0n) is 10.2. The van der Waals surface area contributed by atoms with Crippen LogP contribution in [-0.2, 0) is 16.2 Å². The van der Waals surface area contributed by atoms with Gasteiger partial charge in [-0.3, -0.25) is 0 Å². The third-order valence-electron chi connectivity index (χ3n) is 3.05. The highest BCUT2D eigenvalue weighted by molar-refractivity contribution is 7.89. The van der Waals surface area contributed by atoms with Crippen LogP contribution in [0.4, 0.5) is 13.2 Å². The summed E-state index contributed by atoms with van der Waals surface area (Å²) in [5.74, 6) is 0. The van der Waals surface area contributed by atoms with Gasteiger partial charge in [0.05, 0.1) is 10.5 Å². The summed E-state index contributed by atoms with van der Waals surface area (Å²) in [7, 11) is -4.23. The van der Waals surface area contributed by atoms with E-state index in [0.29, 0.717) is 12.5 Å². The van der Waals surface area contributed by atoms with E-state index in [1.165, 1.54) is 0 Å².